The Kier molecular flexibility index (Phi) is 5.67. The summed E-state index contributed by atoms with van der Waals surface area (Å²) in [6, 6.07) is 0. The van der Waals surface area contributed by atoms with Gasteiger partial charge < -0.3 is 14.2 Å². The van der Waals surface area contributed by atoms with Gasteiger partial charge in [-0.2, -0.15) is 0 Å². The zero-order chi connectivity index (χ0) is 21.9. The molecule has 3 heteroatoms. The number of ether oxygens (including phenoxy) is 3. The second kappa shape index (κ2) is 7.84. The van der Waals surface area contributed by atoms with Crippen LogP contribution in [0.2, 0.25) is 0 Å². The third-order valence-corrected chi connectivity index (χ3v) is 10.6. The Labute approximate surface area is 190 Å². The molecule has 0 bridgehead atoms. The molecule has 0 N–H and O–H groups in total. The van der Waals surface area contributed by atoms with Crippen molar-refractivity contribution >= 4 is 0 Å². The fourth-order valence-corrected chi connectivity index (χ4v) is 8.89. The lowest BCUT2D eigenvalue weighted by atomic mass is 9.44. The molecule has 0 amide bonds. The van der Waals surface area contributed by atoms with Crippen molar-refractivity contribution in [1.82, 2.24) is 0 Å². The van der Waals surface area contributed by atoms with Gasteiger partial charge in [0.15, 0.2) is 5.79 Å². The van der Waals surface area contributed by atoms with Gasteiger partial charge in [-0.25, -0.2) is 0 Å². The highest BCUT2D eigenvalue weighted by Crippen LogP contribution is 2.68. The third-order valence-electron chi connectivity index (χ3n) is 10.6. The van der Waals surface area contributed by atoms with Crippen LogP contribution < -0.4 is 0 Å². The van der Waals surface area contributed by atoms with E-state index in [2.05, 4.69) is 40.7 Å². The Morgan fingerprint density at radius 1 is 0.968 bits per heavy atom. The lowest BCUT2D eigenvalue weighted by molar-refractivity contribution is -0.333. The van der Waals surface area contributed by atoms with E-state index in [1.165, 1.54) is 44.9 Å². The SMILES string of the molecule is C/C=C1/CC[C@H]2[C@@H]3CC[C@@H]4CC5(CC[C@]4(COCC)[C@H]3CC[C@]12C)OCC(C)(C)CO5. The first kappa shape index (κ1) is 22.4. The molecule has 1 aliphatic heterocycles. The Morgan fingerprint density at radius 2 is 1.74 bits per heavy atom. The minimum atomic E-state index is -0.322. The predicted octanol–water partition coefficient (Wildman–Crippen LogP) is 6.76. The molecule has 0 aromatic heterocycles. The highest BCUT2D eigenvalue weighted by molar-refractivity contribution is 5.24. The molecule has 1 spiro atoms. The van der Waals surface area contributed by atoms with E-state index in [1.807, 2.05) is 0 Å². The molecular formula is C28H46O3. The number of fused-ring (bicyclic) bond motifs is 5. The van der Waals surface area contributed by atoms with E-state index in [0.717, 1.165) is 57.0 Å². The first-order chi connectivity index (χ1) is 14.8. The van der Waals surface area contributed by atoms with E-state index >= 15 is 0 Å². The molecule has 1 heterocycles. The van der Waals surface area contributed by atoms with Crippen molar-refractivity contribution in [3.8, 4) is 0 Å². The zero-order valence-corrected chi connectivity index (χ0v) is 20.8. The second-order valence-electron chi connectivity index (χ2n) is 12.7. The van der Waals surface area contributed by atoms with E-state index in [9.17, 15) is 0 Å². The van der Waals surface area contributed by atoms with Crippen LogP contribution >= 0.6 is 0 Å². The molecule has 5 aliphatic rings. The van der Waals surface area contributed by atoms with Crippen LogP contribution in [0.25, 0.3) is 0 Å². The van der Waals surface area contributed by atoms with Gasteiger partial charge in [-0.05, 0) is 87.9 Å². The molecule has 0 aromatic rings. The molecule has 31 heavy (non-hydrogen) atoms. The Bertz CT molecular complexity index is 701. The van der Waals surface area contributed by atoms with Crippen LogP contribution in [0.4, 0.5) is 0 Å². The Hall–Kier alpha value is -0.380. The lowest BCUT2D eigenvalue weighted by Gasteiger charge is -2.63. The molecular weight excluding hydrogens is 384 g/mol. The molecule has 4 saturated carbocycles. The highest BCUT2D eigenvalue weighted by atomic mass is 16.7. The van der Waals surface area contributed by atoms with Gasteiger partial charge in [0.05, 0.1) is 19.8 Å². The molecule has 5 rings (SSSR count). The summed E-state index contributed by atoms with van der Waals surface area (Å²) in [5.41, 5.74) is 2.70. The summed E-state index contributed by atoms with van der Waals surface area (Å²) in [5, 5.41) is 0. The minimum Gasteiger partial charge on any atom is -0.381 e. The molecule has 4 aliphatic carbocycles. The van der Waals surface area contributed by atoms with Crippen molar-refractivity contribution in [2.75, 3.05) is 26.4 Å². The smallest absolute Gasteiger partial charge is 0.168 e. The quantitative estimate of drug-likeness (QED) is 0.463. The van der Waals surface area contributed by atoms with Crippen molar-refractivity contribution in [3.05, 3.63) is 11.6 Å². The number of hydrogen-bond donors (Lipinski definition) is 0. The van der Waals surface area contributed by atoms with Crippen LogP contribution in [0, 0.1) is 39.9 Å². The summed E-state index contributed by atoms with van der Waals surface area (Å²) < 4.78 is 19.3. The molecule has 176 valence electrons. The standard InChI is InChI=1S/C28H46O3/c1-6-20-9-11-23-22-10-8-21-16-28(30-17-25(3,4)18-31-28)15-14-27(21,19-29-7-2)24(22)12-13-26(20,23)5/h6,21-24H,7-19H2,1-5H3/b20-6-/t21-,22+,23+,24+,26-,27-/m1/s1. The predicted molar refractivity (Wildman–Crippen MR) is 125 cm³/mol. The summed E-state index contributed by atoms with van der Waals surface area (Å²) >= 11 is 0. The maximum Gasteiger partial charge on any atom is 0.168 e. The molecule has 1 saturated heterocycles. The summed E-state index contributed by atoms with van der Waals surface area (Å²) in [7, 11) is 0. The zero-order valence-electron chi connectivity index (χ0n) is 20.8. The van der Waals surface area contributed by atoms with Crippen molar-refractivity contribution in [3.63, 3.8) is 0 Å². The average molecular weight is 431 g/mol. The fourth-order valence-electron chi connectivity index (χ4n) is 8.89. The largest absolute Gasteiger partial charge is 0.381 e. The van der Waals surface area contributed by atoms with Gasteiger partial charge in [-0.1, -0.05) is 32.4 Å². The van der Waals surface area contributed by atoms with Crippen LogP contribution in [-0.4, -0.2) is 32.2 Å². The third kappa shape index (κ3) is 3.48. The van der Waals surface area contributed by atoms with Crippen molar-refractivity contribution in [1.29, 1.82) is 0 Å². The van der Waals surface area contributed by atoms with Gasteiger partial charge in [0.2, 0.25) is 0 Å². The van der Waals surface area contributed by atoms with E-state index in [-0.39, 0.29) is 11.2 Å². The molecule has 6 atom stereocenters. The maximum absolute atomic E-state index is 6.50. The summed E-state index contributed by atoms with van der Waals surface area (Å²) in [6.45, 7) is 15.0. The Morgan fingerprint density at radius 3 is 2.45 bits per heavy atom. The minimum absolute atomic E-state index is 0.142. The lowest BCUT2D eigenvalue weighted by Crippen LogP contribution is -2.60. The van der Waals surface area contributed by atoms with Crippen LogP contribution in [0.3, 0.4) is 0 Å². The van der Waals surface area contributed by atoms with Gasteiger partial charge in [0, 0.05) is 30.3 Å². The molecule has 0 aromatic carbocycles. The molecule has 3 nitrogen and oxygen atoms in total. The van der Waals surface area contributed by atoms with E-state index in [1.54, 1.807) is 5.57 Å². The second-order valence-corrected chi connectivity index (χ2v) is 12.7. The van der Waals surface area contributed by atoms with Crippen LogP contribution in [0.1, 0.15) is 92.4 Å². The monoisotopic (exact) mass is 430 g/mol. The van der Waals surface area contributed by atoms with Gasteiger partial charge in [0.25, 0.3) is 0 Å². The van der Waals surface area contributed by atoms with E-state index in [0.29, 0.717) is 16.7 Å². The van der Waals surface area contributed by atoms with Gasteiger partial charge in [0.1, 0.15) is 0 Å². The van der Waals surface area contributed by atoms with Gasteiger partial charge in [-0.15, -0.1) is 0 Å². The van der Waals surface area contributed by atoms with Gasteiger partial charge >= 0.3 is 0 Å². The van der Waals surface area contributed by atoms with Crippen molar-refractivity contribution in [2.45, 2.75) is 98.2 Å². The number of rotatable bonds is 3. The highest BCUT2D eigenvalue weighted by Gasteiger charge is 2.63. The Balaban J connectivity index is 1.41. The van der Waals surface area contributed by atoms with Gasteiger partial charge in [-0.3, -0.25) is 0 Å². The molecule has 5 fully saturated rings. The van der Waals surface area contributed by atoms with E-state index < -0.39 is 0 Å². The van der Waals surface area contributed by atoms with Crippen molar-refractivity contribution in [2.24, 2.45) is 39.9 Å². The summed E-state index contributed by atoms with van der Waals surface area (Å²) in [5.74, 6) is 2.95. The fraction of sp³-hybridized carbons (Fsp3) is 0.929. The first-order valence-corrected chi connectivity index (χ1v) is 13.3. The maximum atomic E-state index is 6.50. The average Bonchev–Trinajstić information content (AvgIpc) is 3.11. The van der Waals surface area contributed by atoms with Crippen LogP contribution in [-0.2, 0) is 14.2 Å². The van der Waals surface area contributed by atoms with E-state index in [4.69, 9.17) is 14.2 Å². The molecule has 0 unspecified atom stereocenters. The normalized spacial score (nSPS) is 47.1. The number of allylic oxidation sites excluding steroid dienone is 2. The topological polar surface area (TPSA) is 27.7 Å². The van der Waals surface area contributed by atoms with Crippen LogP contribution in [0.15, 0.2) is 11.6 Å². The first-order valence-electron chi connectivity index (χ1n) is 13.3. The van der Waals surface area contributed by atoms with Crippen molar-refractivity contribution < 1.29 is 14.2 Å². The summed E-state index contributed by atoms with van der Waals surface area (Å²) in [4.78, 5) is 0. The molecule has 0 radical (unpaired) electrons. The number of hydrogen-bond acceptors (Lipinski definition) is 3. The van der Waals surface area contributed by atoms with Crippen LogP contribution in [0.5, 0.6) is 0 Å². The summed E-state index contributed by atoms with van der Waals surface area (Å²) in [6.07, 6.45) is 14.1.